The van der Waals surface area contributed by atoms with Crippen LogP contribution in [-0.2, 0) is 4.79 Å². The number of hydrogen-bond donors (Lipinski definition) is 2. The molecule has 0 spiro atoms. The number of nitro benzene ring substituents is 1. The molecule has 0 heterocycles. The molecule has 20 heavy (non-hydrogen) atoms. The minimum absolute atomic E-state index is 0.0857. The van der Waals surface area contributed by atoms with E-state index in [2.05, 4.69) is 5.32 Å². The number of anilines is 1. The lowest BCUT2D eigenvalue weighted by Crippen LogP contribution is -2.34. The van der Waals surface area contributed by atoms with Crippen LogP contribution in [0.25, 0.3) is 0 Å². The number of amides is 1. The van der Waals surface area contributed by atoms with Crippen molar-refractivity contribution in [1.82, 2.24) is 0 Å². The van der Waals surface area contributed by atoms with Crippen molar-refractivity contribution in [3.63, 3.8) is 0 Å². The molecule has 0 bridgehead atoms. The number of ether oxygens (including phenoxy) is 1. The summed E-state index contributed by atoms with van der Waals surface area (Å²) in [6.07, 6.45) is 2.55. The van der Waals surface area contributed by atoms with Gasteiger partial charge in [-0.3, -0.25) is 14.9 Å². The van der Waals surface area contributed by atoms with Gasteiger partial charge < -0.3 is 15.8 Å². The molecule has 1 aromatic rings. The van der Waals surface area contributed by atoms with Crippen molar-refractivity contribution in [2.45, 2.75) is 25.3 Å². The molecule has 0 aromatic heterocycles. The smallest absolute Gasteiger partial charge is 0.273 e. The summed E-state index contributed by atoms with van der Waals surface area (Å²) in [4.78, 5) is 22.3. The minimum Gasteiger partial charge on any atom is -0.494 e. The Morgan fingerprint density at radius 1 is 1.50 bits per heavy atom. The molecule has 7 nitrogen and oxygen atoms in total. The number of nitrogens with one attached hydrogen (secondary N) is 1. The first-order chi connectivity index (χ1) is 9.52. The molecule has 7 heteroatoms. The van der Waals surface area contributed by atoms with Gasteiger partial charge in [0.1, 0.15) is 5.75 Å². The Labute approximate surface area is 116 Å². The van der Waals surface area contributed by atoms with E-state index in [4.69, 9.17) is 10.5 Å². The van der Waals surface area contributed by atoms with Gasteiger partial charge in [0.15, 0.2) is 0 Å². The Hall–Kier alpha value is -2.15. The van der Waals surface area contributed by atoms with Crippen LogP contribution >= 0.6 is 0 Å². The predicted octanol–water partition coefficient (Wildman–Crippen LogP) is 1.67. The van der Waals surface area contributed by atoms with Crippen molar-refractivity contribution in [2.24, 2.45) is 11.7 Å². The van der Waals surface area contributed by atoms with E-state index in [-0.39, 0.29) is 29.3 Å². The number of non-ortho nitro benzene ring substituents is 1. The average molecular weight is 279 g/mol. The summed E-state index contributed by atoms with van der Waals surface area (Å²) in [5, 5.41) is 13.4. The Balaban J connectivity index is 2.16. The van der Waals surface area contributed by atoms with Crippen molar-refractivity contribution in [1.29, 1.82) is 0 Å². The van der Waals surface area contributed by atoms with Gasteiger partial charge in [0.25, 0.3) is 5.69 Å². The van der Waals surface area contributed by atoms with Gasteiger partial charge in [-0.05, 0) is 18.9 Å². The van der Waals surface area contributed by atoms with Crippen molar-refractivity contribution >= 4 is 17.3 Å². The zero-order valence-corrected chi connectivity index (χ0v) is 11.2. The van der Waals surface area contributed by atoms with Crippen LogP contribution < -0.4 is 15.8 Å². The molecule has 0 aliphatic heterocycles. The summed E-state index contributed by atoms with van der Waals surface area (Å²) >= 11 is 0. The van der Waals surface area contributed by atoms with E-state index in [0.29, 0.717) is 5.69 Å². The molecule has 2 rings (SSSR count). The maximum Gasteiger partial charge on any atom is 0.273 e. The molecule has 1 saturated carbocycles. The van der Waals surface area contributed by atoms with Gasteiger partial charge >= 0.3 is 0 Å². The number of carbonyl (C=O) groups is 1. The first-order valence-electron chi connectivity index (χ1n) is 6.42. The maximum atomic E-state index is 12.1. The van der Waals surface area contributed by atoms with Crippen molar-refractivity contribution in [2.75, 3.05) is 12.4 Å². The summed E-state index contributed by atoms with van der Waals surface area (Å²) in [5.41, 5.74) is 6.22. The first kappa shape index (κ1) is 14.3. The number of rotatable bonds is 4. The number of hydrogen-bond acceptors (Lipinski definition) is 5. The van der Waals surface area contributed by atoms with Gasteiger partial charge in [0.2, 0.25) is 5.91 Å². The van der Waals surface area contributed by atoms with Crippen LogP contribution in [-0.4, -0.2) is 24.0 Å². The quantitative estimate of drug-likeness (QED) is 0.644. The molecule has 1 aliphatic rings. The van der Waals surface area contributed by atoms with Crippen LogP contribution in [0.4, 0.5) is 11.4 Å². The van der Waals surface area contributed by atoms with E-state index in [1.54, 1.807) is 0 Å². The molecule has 1 aromatic carbocycles. The van der Waals surface area contributed by atoms with Crippen molar-refractivity contribution in [3.8, 4) is 5.75 Å². The van der Waals surface area contributed by atoms with E-state index >= 15 is 0 Å². The fraction of sp³-hybridized carbons (Fsp3) is 0.462. The Morgan fingerprint density at radius 2 is 2.25 bits per heavy atom. The van der Waals surface area contributed by atoms with Crippen molar-refractivity contribution < 1.29 is 14.5 Å². The van der Waals surface area contributed by atoms with Crippen LogP contribution in [0.1, 0.15) is 19.3 Å². The van der Waals surface area contributed by atoms with Gasteiger partial charge in [-0.2, -0.15) is 0 Å². The zero-order chi connectivity index (χ0) is 14.7. The molecule has 1 aliphatic carbocycles. The van der Waals surface area contributed by atoms with Gasteiger partial charge in [0.05, 0.1) is 29.7 Å². The lowest BCUT2D eigenvalue weighted by Gasteiger charge is -2.16. The average Bonchev–Trinajstić information content (AvgIpc) is 2.85. The number of methoxy groups -OCH3 is 1. The molecule has 3 N–H and O–H groups in total. The van der Waals surface area contributed by atoms with E-state index in [9.17, 15) is 14.9 Å². The molecule has 2 atom stereocenters. The SMILES string of the molecule is COc1cc([N+](=O)[O-])ccc1NC(=O)C1CCCC1N. The second kappa shape index (κ2) is 5.87. The highest BCUT2D eigenvalue weighted by Crippen LogP contribution is 2.31. The third-order valence-electron chi connectivity index (χ3n) is 3.56. The lowest BCUT2D eigenvalue weighted by molar-refractivity contribution is -0.384. The molecular formula is C13H17N3O4. The van der Waals surface area contributed by atoms with Crippen LogP contribution in [0.3, 0.4) is 0 Å². The highest BCUT2D eigenvalue weighted by molar-refractivity contribution is 5.94. The summed E-state index contributed by atoms with van der Waals surface area (Å²) < 4.78 is 5.08. The maximum absolute atomic E-state index is 12.1. The monoisotopic (exact) mass is 279 g/mol. The van der Waals surface area contributed by atoms with Gasteiger partial charge in [-0.1, -0.05) is 6.42 Å². The van der Waals surface area contributed by atoms with Gasteiger partial charge in [-0.15, -0.1) is 0 Å². The lowest BCUT2D eigenvalue weighted by atomic mass is 10.0. The largest absolute Gasteiger partial charge is 0.494 e. The van der Waals surface area contributed by atoms with E-state index in [1.165, 1.54) is 25.3 Å². The Kier molecular flexibility index (Phi) is 4.19. The number of benzene rings is 1. The van der Waals surface area contributed by atoms with Crippen LogP contribution in [0.2, 0.25) is 0 Å². The Morgan fingerprint density at radius 3 is 2.80 bits per heavy atom. The minimum atomic E-state index is -0.513. The third kappa shape index (κ3) is 2.88. The highest BCUT2D eigenvalue weighted by Gasteiger charge is 2.30. The van der Waals surface area contributed by atoms with E-state index < -0.39 is 4.92 Å². The normalized spacial score (nSPS) is 21.5. The summed E-state index contributed by atoms with van der Waals surface area (Å²) in [5.74, 6) is -0.115. The van der Waals surface area contributed by atoms with Crippen LogP contribution in [0.15, 0.2) is 18.2 Å². The van der Waals surface area contributed by atoms with Crippen molar-refractivity contribution in [3.05, 3.63) is 28.3 Å². The zero-order valence-electron chi connectivity index (χ0n) is 11.2. The molecular weight excluding hydrogens is 262 g/mol. The molecule has 1 fully saturated rings. The summed E-state index contributed by atoms with van der Waals surface area (Å²) in [6.45, 7) is 0. The van der Waals surface area contributed by atoms with E-state index in [0.717, 1.165) is 19.3 Å². The Bertz CT molecular complexity index is 532. The second-order valence-electron chi connectivity index (χ2n) is 4.83. The van der Waals surface area contributed by atoms with Gasteiger partial charge in [0, 0.05) is 12.1 Å². The van der Waals surface area contributed by atoms with Crippen LogP contribution in [0, 0.1) is 16.0 Å². The fourth-order valence-electron chi connectivity index (χ4n) is 2.44. The van der Waals surface area contributed by atoms with Gasteiger partial charge in [-0.25, -0.2) is 0 Å². The number of carbonyl (C=O) groups excluding carboxylic acids is 1. The summed E-state index contributed by atoms with van der Waals surface area (Å²) in [6, 6.07) is 3.95. The molecule has 108 valence electrons. The third-order valence-corrected chi connectivity index (χ3v) is 3.56. The first-order valence-corrected chi connectivity index (χ1v) is 6.42. The second-order valence-corrected chi connectivity index (χ2v) is 4.83. The summed E-state index contributed by atoms with van der Waals surface area (Å²) in [7, 11) is 1.40. The van der Waals surface area contributed by atoms with E-state index in [1.807, 2.05) is 0 Å². The highest BCUT2D eigenvalue weighted by atomic mass is 16.6. The molecule has 0 radical (unpaired) electrons. The molecule has 2 unspecified atom stereocenters. The predicted molar refractivity (Wildman–Crippen MR) is 73.6 cm³/mol. The number of nitrogens with two attached hydrogens (primary N) is 1. The standard InChI is InChI=1S/C13H17N3O4/c1-20-12-7-8(16(18)19)5-6-11(12)15-13(17)9-3-2-4-10(9)14/h5-7,9-10H,2-4,14H2,1H3,(H,15,17). The fourth-order valence-corrected chi connectivity index (χ4v) is 2.44. The number of nitrogens with zero attached hydrogens (tertiary/aromatic N) is 1. The van der Waals surface area contributed by atoms with Crippen LogP contribution in [0.5, 0.6) is 5.75 Å². The number of nitro groups is 1. The molecule has 0 saturated heterocycles. The topological polar surface area (TPSA) is 107 Å². The molecule has 1 amide bonds.